The van der Waals surface area contributed by atoms with Crippen molar-refractivity contribution in [3.63, 3.8) is 0 Å². The van der Waals surface area contributed by atoms with Gasteiger partial charge in [0.25, 0.3) is 0 Å². The van der Waals surface area contributed by atoms with Crippen molar-refractivity contribution in [1.82, 2.24) is 0 Å². The molecule has 0 aliphatic heterocycles. The van der Waals surface area contributed by atoms with Crippen LogP contribution in [0, 0.1) is 0 Å². The molecule has 0 spiro atoms. The maximum atomic E-state index is 3.36. The van der Waals surface area contributed by atoms with Gasteiger partial charge in [-0.15, -0.1) is 6.58 Å². The molecule has 0 saturated heterocycles. The predicted molar refractivity (Wildman–Crippen MR) is 23.1 cm³/mol. The molecule has 0 fully saturated rings. The summed E-state index contributed by atoms with van der Waals surface area (Å²) in [4.78, 5) is 0. The van der Waals surface area contributed by atoms with Gasteiger partial charge in [0.2, 0.25) is 0 Å². The zero-order chi connectivity index (χ0) is 2.71. The van der Waals surface area contributed by atoms with Gasteiger partial charge in [-0.25, -0.2) is 0 Å². The molecule has 0 radical (unpaired) electrons. The van der Waals surface area contributed by atoms with E-state index in [1.807, 2.05) is 6.92 Å². The molecule has 0 heterocycles. The van der Waals surface area contributed by atoms with Crippen LogP contribution in [-0.2, 0) is 20.4 Å². The third-order valence-electron chi connectivity index (χ3n) is 0. The maximum absolute atomic E-state index is 3.36. The molecule has 0 aliphatic carbocycles. The summed E-state index contributed by atoms with van der Waals surface area (Å²) in [5, 5.41) is 0. The van der Waals surface area contributed by atoms with Crippen molar-refractivity contribution in [1.29, 1.82) is 0 Å². The van der Waals surface area contributed by atoms with Gasteiger partial charge in [-0.1, -0.05) is 6.08 Å². The monoisotopic (exact) mass is 184 g/mol. The Morgan fingerprint density at radius 3 is 1.33 bits per heavy atom. The summed E-state index contributed by atoms with van der Waals surface area (Å²) < 4.78 is 0. The molecule has 0 aromatic heterocycles. The van der Waals surface area contributed by atoms with Gasteiger partial charge in [-0.05, 0) is 6.92 Å². The number of hydrogen-bond acceptors (Lipinski definition) is 0. The molecule has 0 atom stereocenters. The van der Waals surface area contributed by atoms with Crippen molar-refractivity contribution in [3.8, 4) is 0 Å². The van der Waals surface area contributed by atoms with Gasteiger partial charge < -0.3 is 11.0 Å². The van der Waals surface area contributed by atoms with Gasteiger partial charge >= 0.3 is 0 Å². The molecule has 3 heteroatoms. The van der Waals surface area contributed by atoms with Crippen LogP contribution in [0.4, 0.5) is 0 Å². The van der Waals surface area contributed by atoms with E-state index in [1.165, 1.54) is 0 Å². The average molecular weight is 185 g/mol. The minimum absolute atomic E-state index is 0. The fourth-order valence-electron chi connectivity index (χ4n) is 0. The van der Waals surface area contributed by atoms with Crippen LogP contribution in [-0.4, -0.2) is 11.0 Å². The smallest absolute Gasteiger partial charge is 0 e. The van der Waals surface area contributed by atoms with Gasteiger partial charge in [0.1, 0.15) is 0 Å². The Morgan fingerprint density at radius 1 is 1.33 bits per heavy atom. The second-order valence-corrected chi connectivity index (χ2v) is 0.408. The topological polar surface area (TPSA) is 63.0 Å². The van der Waals surface area contributed by atoms with Crippen LogP contribution in [0.15, 0.2) is 12.7 Å². The van der Waals surface area contributed by atoms with Crippen LogP contribution in [0.3, 0.4) is 0 Å². The van der Waals surface area contributed by atoms with Crippen LogP contribution in [0.1, 0.15) is 6.92 Å². The van der Waals surface area contributed by atoms with E-state index in [4.69, 9.17) is 0 Å². The third kappa shape index (κ3) is 459. The fourth-order valence-corrected chi connectivity index (χ4v) is 0. The van der Waals surface area contributed by atoms with Crippen molar-refractivity contribution in [2.45, 2.75) is 6.92 Å². The molecule has 0 aliphatic rings. The van der Waals surface area contributed by atoms with Gasteiger partial charge in [0.05, 0.1) is 0 Å². The molecule has 0 bridgehead atoms. The third-order valence-corrected chi connectivity index (χ3v) is 0. The van der Waals surface area contributed by atoms with Crippen LogP contribution in [0.25, 0.3) is 0 Å². The van der Waals surface area contributed by atoms with E-state index in [2.05, 4.69) is 6.58 Å². The number of rotatable bonds is 0. The summed E-state index contributed by atoms with van der Waals surface area (Å²) >= 11 is 0. The summed E-state index contributed by atoms with van der Waals surface area (Å²) in [5.41, 5.74) is 0. The van der Waals surface area contributed by atoms with Crippen molar-refractivity contribution >= 4 is 0 Å². The summed E-state index contributed by atoms with van der Waals surface area (Å²) in [7, 11) is 0. The maximum Gasteiger partial charge on any atom is 0 e. The first-order chi connectivity index (χ1) is 1.41. The van der Waals surface area contributed by atoms with Gasteiger partial charge in [0, 0.05) is 20.4 Å². The van der Waals surface area contributed by atoms with Crippen molar-refractivity contribution in [2.24, 2.45) is 0 Å². The Kier molecular flexibility index (Phi) is 315. The SMILES string of the molecule is C=CC.O.O.[Pd]. The second-order valence-electron chi connectivity index (χ2n) is 0.408. The van der Waals surface area contributed by atoms with E-state index in [0.717, 1.165) is 0 Å². The van der Waals surface area contributed by atoms with E-state index in [-0.39, 0.29) is 31.4 Å². The van der Waals surface area contributed by atoms with Crippen LogP contribution in [0.5, 0.6) is 0 Å². The van der Waals surface area contributed by atoms with Crippen molar-refractivity contribution < 1.29 is 31.4 Å². The Labute approximate surface area is 51.5 Å². The van der Waals surface area contributed by atoms with Crippen molar-refractivity contribution in [3.05, 3.63) is 12.7 Å². The minimum Gasteiger partial charge on any atom is -0.412 e. The van der Waals surface area contributed by atoms with E-state index in [0.29, 0.717) is 0 Å². The van der Waals surface area contributed by atoms with Gasteiger partial charge in [-0.3, -0.25) is 0 Å². The predicted octanol–water partition coefficient (Wildman–Crippen LogP) is -0.460. The summed E-state index contributed by atoms with van der Waals surface area (Å²) in [6.45, 7) is 5.25. The molecule has 6 heavy (non-hydrogen) atoms. The van der Waals surface area contributed by atoms with Crippen LogP contribution >= 0.6 is 0 Å². The second kappa shape index (κ2) is 56.9. The molecule has 44 valence electrons. The van der Waals surface area contributed by atoms with E-state index in [9.17, 15) is 0 Å². The molecule has 0 unspecified atom stereocenters. The van der Waals surface area contributed by atoms with E-state index < -0.39 is 0 Å². The largest absolute Gasteiger partial charge is 0.412 e. The summed E-state index contributed by atoms with van der Waals surface area (Å²) in [6.07, 6.45) is 1.75. The first-order valence-corrected chi connectivity index (χ1v) is 0.986. The Balaban J connectivity index is -0.00000000667. The Hall–Kier alpha value is 0.322. The Bertz CT molecular complexity index is 16.3. The quantitative estimate of drug-likeness (QED) is 0.361. The normalized spacial score (nSPS) is 2.17. The summed E-state index contributed by atoms with van der Waals surface area (Å²) in [5.74, 6) is 0. The Morgan fingerprint density at radius 2 is 1.33 bits per heavy atom. The molecule has 0 aromatic carbocycles. The molecule has 0 rings (SSSR count). The molecule has 0 amide bonds. The summed E-state index contributed by atoms with van der Waals surface area (Å²) in [6, 6.07) is 0. The van der Waals surface area contributed by atoms with Gasteiger partial charge in [0.15, 0.2) is 0 Å². The first-order valence-electron chi connectivity index (χ1n) is 0.986. The molecular formula is C3H10O2Pd. The number of hydrogen-bond donors (Lipinski definition) is 0. The molecule has 2 nitrogen and oxygen atoms in total. The zero-order valence-corrected chi connectivity index (χ0v) is 5.16. The average Bonchev–Trinajstić information content (AvgIpc) is 0.918. The fraction of sp³-hybridized carbons (Fsp3) is 0.333. The van der Waals surface area contributed by atoms with Gasteiger partial charge in [-0.2, -0.15) is 0 Å². The zero-order valence-electron chi connectivity index (χ0n) is 3.60. The van der Waals surface area contributed by atoms with E-state index in [1.54, 1.807) is 6.08 Å². The number of allylic oxidation sites excluding steroid dienone is 1. The first kappa shape index (κ1) is 33.2. The van der Waals surface area contributed by atoms with Crippen molar-refractivity contribution in [2.75, 3.05) is 0 Å². The molecule has 0 saturated carbocycles. The standard InChI is InChI=1S/C3H6.2H2O.Pd/c1-3-2;;;/h3H,1H2,2H3;2*1H2;. The van der Waals surface area contributed by atoms with Crippen LogP contribution < -0.4 is 0 Å². The molecular weight excluding hydrogens is 174 g/mol. The molecule has 0 aromatic rings. The molecule has 4 N–H and O–H groups in total. The van der Waals surface area contributed by atoms with E-state index >= 15 is 0 Å². The minimum atomic E-state index is 0. The van der Waals surface area contributed by atoms with Crippen LogP contribution in [0.2, 0.25) is 0 Å².